The van der Waals surface area contributed by atoms with E-state index in [1.807, 2.05) is 11.0 Å². The molecule has 2 aliphatic heterocycles. The quantitative estimate of drug-likeness (QED) is 0.920. The molecule has 3 heterocycles. The van der Waals surface area contributed by atoms with E-state index in [1.165, 1.54) is 4.88 Å². The first-order valence-corrected chi connectivity index (χ1v) is 7.70. The standard InChI is InChI=1S/C14H20N2O2S/c1-14(4-6-18-7-5-14)10-16-12(17)9-15-13(16)11-3-2-8-19-11/h2-3,8,13,15H,4-7,9-10H2,1H3. The molecule has 1 unspecified atom stereocenters. The molecule has 0 spiro atoms. The lowest BCUT2D eigenvalue weighted by Gasteiger charge is -2.38. The fourth-order valence-electron chi connectivity index (χ4n) is 2.85. The van der Waals surface area contributed by atoms with Crippen molar-refractivity contribution < 1.29 is 9.53 Å². The smallest absolute Gasteiger partial charge is 0.238 e. The number of thiophene rings is 1. The van der Waals surface area contributed by atoms with Crippen LogP contribution in [0.2, 0.25) is 0 Å². The Morgan fingerprint density at radius 2 is 2.32 bits per heavy atom. The van der Waals surface area contributed by atoms with Crippen molar-refractivity contribution in [1.82, 2.24) is 10.2 Å². The summed E-state index contributed by atoms with van der Waals surface area (Å²) < 4.78 is 5.44. The summed E-state index contributed by atoms with van der Waals surface area (Å²) in [6, 6.07) is 4.14. The van der Waals surface area contributed by atoms with Gasteiger partial charge in [0.15, 0.2) is 0 Å². The maximum atomic E-state index is 12.1. The van der Waals surface area contributed by atoms with Crippen molar-refractivity contribution in [3.05, 3.63) is 22.4 Å². The lowest BCUT2D eigenvalue weighted by molar-refractivity contribution is -0.130. The number of nitrogens with zero attached hydrogens (tertiary/aromatic N) is 1. The van der Waals surface area contributed by atoms with Gasteiger partial charge in [0, 0.05) is 24.6 Å². The SMILES string of the molecule is CC1(CN2C(=O)CNC2c2cccs2)CCOCC1. The summed E-state index contributed by atoms with van der Waals surface area (Å²) in [5.41, 5.74) is 0.190. The van der Waals surface area contributed by atoms with Gasteiger partial charge in [0.25, 0.3) is 0 Å². The Hall–Kier alpha value is -0.910. The van der Waals surface area contributed by atoms with E-state index in [1.54, 1.807) is 11.3 Å². The van der Waals surface area contributed by atoms with E-state index in [9.17, 15) is 4.79 Å². The molecule has 0 bridgehead atoms. The molecule has 1 N–H and O–H groups in total. The van der Waals surface area contributed by atoms with Crippen LogP contribution in [0.4, 0.5) is 0 Å². The first-order valence-electron chi connectivity index (χ1n) is 6.82. The van der Waals surface area contributed by atoms with Gasteiger partial charge >= 0.3 is 0 Å². The van der Waals surface area contributed by atoms with Crippen LogP contribution in [0.25, 0.3) is 0 Å². The predicted molar refractivity (Wildman–Crippen MR) is 74.9 cm³/mol. The number of carbonyl (C=O) groups is 1. The minimum Gasteiger partial charge on any atom is -0.381 e. The van der Waals surface area contributed by atoms with E-state index < -0.39 is 0 Å². The summed E-state index contributed by atoms with van der Waals surface area (Å²) in [5.74, 6) is 0.214. The second-order valence-electron chi connectivity index (χ2n) is 5.74. The molecule has 5 heteroatoms. The summed E-state index contributed by atoms with van der Waals surface area (Å²) in [4.78, 5) is 15.4. The highest BCUT2D eigenvalue weighted by Crippen LogP contribution is 2.35. The maximum Gasteiger partial charge on any atom is 0.238 e. The Balaban J connectivity index is 1.75. The first kappa shape index (κ1) is 13.1. The van der Waals surface area contributed by atoms with Gasteiger partial charge in [0.2, 0.25) is 5.91 Å². The second-order valence-corrected chi connectivity index (χ2v) is 6.72. The zero-order chi connectivity index (χ0) is 13.3. The average Bonchev–Trinajstić information content (AvgIpc) is 3.01. The largest absolute Gasteiger partial charge is 0.381 e. The van der Waals surface area contributed by atoms with Crippen molar-refractivity contribution in [3.63, 3.8) is 0 Å². The predicted octanol–water partition coefficient (Wildman–Crippen LogP) is 2.00. The number of ether oxygens (including phenoxy) is 1. The number of hydrogen-bond acceptors (Lipinski definition) is 4. The molecule has 1 atom stereocenters. The van der Waals surface area contributed by atoms with Crippen LogP contribution in [-0.4, -0.2) is 37.1 Å². The van der Waals surface area contributed by atoms with Crippen LogP contribution in [-0.2, 0) is 9.53 Å². The molecule has 2 saturated heterocycles. The highest BCUT2D eigenvalue weighted by Gasteiger charge is 2.38. The van der Waals surface area contributed by atoms with Crippen molar-refractivity contribution in [2.45, 2.75) is 25.9 Å². The van der Waals surface area contributed by atoms with Crippen molar-refractivity contribution in [3.8, 4) is 0 Å². The molecular formula is C14H20N2O2S. The van der Waals surface area contributed by atoms with Gasteiger partial charge in [-0.15, -0.1) is 11.3 Å². The fourth-order valence-corrected chi connectivity index (χ4v) is 3.66. The van der Waals surface area contributed by atoms with E-state index in [0.717, 1.165) is 32.6 Å². The first-order chi connectivity index (χ1) is 9.18. The van der Waals surface area contributed by atoms with E-state index in [2.05, 4.69) is 23.7 Å². The van der Waals surface area contributed by atoms with Gasteiger partial charge in [-0.1, -0.05) is 13.0 Å². The Morgan fingerprint density at radius 3 is 3.00 bits per heavy atom. The molecule has 4 nitrogen and oxygen atoms in total. The van der Waals surface area contributed by atoms with Crippen molar-refractivity contribution in [1.29, 1.82) is 0 Å². The molecule has 0 saturated carbocycles. The minimum absolute atomic E-state index is 0.0622. The molecule has 1 amide bonds. The van der Waals surface area contributed by atoms with Crippen LogP contribution in [0.1, 0.15) is 30.8 Å². The fraction of sp³-hybridized carbons (Fsp3) is 0.643. The molecule has 0 radical (unpaired) electrons. The Bertz CT molecular complexity index is 440. The molecule has 0 aromatic carbocycles. The second kappa shape index (κ2) is 5.23. The third-order valence-electron chi connectivity index (χ3n) is 4.14. The van der Waals surface area contributed by atoms with Gasteiger partial charge in [-0.25, -0.2) is 0 Å². The topological polar surface area (TPSA) is 41.6 Å². The van der Waals surface area contributed by atoms with E-state index in [4.69, 9.17) is 4.74 Å². The number of hydrogen-bond donors (Lipinski definition) is 1. The monoisotopic (exact) mass is 280 g/mol. The van der Waals surface area contributed by atoms with E-state index >= 15 is 0 Å². The van der Waals surface area contributed by atoms with Gasteiger partial charge < -0.3 is 9.64 Å². The van der Waals surface area contributed by atoms with Gasteiger partial charge in [0.05, 0.1) is 6.54 Å². The minimum atomic E-state index is 0.0622. The molecule has 1 aromatic heterocycles. The molecule has 2 fully saturated rings. The Morgan fingerprint density at radius 1 is 1.53 bits per heavy atom. The Labute approximate surface area is 117 Å². The van der Waals surface area contributed by atoms with Gasteiger partial charge in [0.1, 0.15) is 6.17 Å². The molecule has 0 aliphatic carbocycles. The molecule has 19 heavy (non-hydrogen) atoms. The number of nitrogens with one attached hydrogen (secondary N) is 1. The van der Waals surface area contributed by atoms with Crippen LogP contribution < -0.4 is 5.32 Å². The number of amides is 1. The summed E-state index contributed by atoms with van der Waals surface area (Å²) in [6.07, 6.45) is 2.13. The van der Waals surface area contributed by atoms with Crippen molar-refractivity contribution in [2.75, 3.05) is 26.3 Å². The van der Waals surface area contributed by atoms with Crippen LogP contribution in [0, 0.1) is 5.41 Å². The summed E-state index contributed by atoms with van der Waals surface area (Å²) in [6.45, 7) is 5.18. The number of rotatable bonds is 3. The van der Waals surface area contributed by atoms with Crippen LogP contribution >= 0.6 is 11.3 Å². The number of carbonyl (C=O) groups excluding carboxylic acids is 1. The zero-order valence-electron chi connectivity index (χ0n) is 11.2. The lowest BCUT2D eigenvalue weighted by atomic mass is 9.82. The highest BCUT2D eigenvalue weighted by atomic mass is 32.1. The maximum absolute atomic E-state index is 12.1. The molecular weight excluding hydrogens is 260 g/mol. The van der Waals surface area contributed by atoms with Crippen molar-refractivity contribution in [2.24, 2.45) is 5.41 Å². The zero-order valence-corrected chi connectivity index (χ0v) is 12.0. The van der Waals surface area contributed by atoms with E-state index in [0.29, 0.717) is 6.54 Å². The Kier molecular flexibility index (Phi) is 3.60. The van der Waals surface area contributed by atoms with Crippen molar-refractivity contribution >= 4 is 17.2 Å². The summed E-state index contributed by atoms with van der Waals surface area (Å²) >= 11 is 1.71. The molecule has 104 valence electrons. The van der Waals surface area contributed by atoms with E-state index in [-0.39, 0.29) is 17.5 Å². The molecule has 3 rings (SSSR count). The molecule has 2 aliphatic rings. The summed E-state index contributed by atoms with van der Waals surface area (Å²) in [5, 5.41) is 5.38. The third kappa shape index (κ3) is 2.68. The normalized spacial score (nSPS) is 26.9. The lowest BCUT2D eigenvalue weighted by Crippen LogP contribution is -2.42. The van der Waals surface area contributed by atoms with Crippen LogP contribution in [0.15, 0.2) is 17.5 Å². The highest BCUT2D eigenvalue weighted by molar-refractivity contribution is 7.10. The van der Waals surface area contributed by atoms with Crippen LogP contribution in [0.3, 0.4) is 0 Å². The molecule has 1 aromatic rings. The van der Waals surface area contributed by atoms with Gasteiger partial charge in [-0.05, 0) is 29.7 Å². The third-order valence-corrected chi connectivity index (χ3v) is 5.07. The van der Waals surface area contributed by atoms with Crippen LogP contribution in [0.5, 0.6) is 0 Å². The average molecular weight is 280 g/mol. The summed E-state index contributed by atoms with van der Waals surface area (Å²) in [7, 11) is 0. The van der Waals surface area contributed by atoms with Gasteiger partial charge in [-0.3, -0.25) is 10.1 Å². The van der Waals surface area contributed by atoms with Gasteiger partial charge in [-0.2, -0.15) is 0 Å².